The van der Waals surface area contributed by atoms with Crippen molar-refractivity contribution >= 4 is 18.3 Å². The molecule has 0 aromatic rings. The molecule has 2 saturated carbocycles. The quantitative estimate of drug-likeness (QED) is 0.839. The van der Waals surface area contributed by atoms with Crippen molar-refractivity contribution in [1.82, 2.24) is 5.32 Å². The summed E-state index contributed by atoms with van der Waals surface area (Å²) in [5, 5.41) is 3.17. The minimum Gasteiger partial charge on any atom is -0.356 e. The molecule has 3 nitrogen and oxygen atoms in total. The van der Waals surface area contributed by atoms with Gasteiger partial charge in [0.05, 0.1) is 0 Å². The van der Waals surface area contributed by atoms with E-state index in [0.29, 0.717) is 5.92 Å². The van der Waals surface area contributed by atoms with Crippen LogP contribution in [0.15, 0.2) is 0 Å². The van der Waals surface area contributed by atoms with E-state index in [1.807, 2.05) is 0 Å². The Morgan fingerprint density at radius 2 is 1.89 bits per heavy atom. The number of nitrogens with two attached hydrogens (primary N) is 1. The van der Waals surface area contributed by atoms with Crippen molar-refractivity contribution in [3.8, 4) is 0 Å². The van der Waals surface area contributed by atoms with Crippen molar-refractivity contribution in [3.63, 3.8) is 0 Å². The summed E-state index contributed by atoms with van der Waals surface area (Å²) >= 11 is 0. The van der Waals surface area contributed by atoms with Gasteiger partial charge in [-0.05, 0) is 43.9 Å². The van der Waals surface area contributed by atoms with E-state index >= 15 is 0 Å². The van der Waals surface area contributed by atoms with Crippen LogP contribution in [-0.4, -0.2) is 18.5 Å². The van der Waals surface area contributed by atoms with Crippen LogP contribution in [0, 0.1) is 17.8 Å². The predicted molar refractivity (Wildman–Crippen MR) is 81.3 cm³/mol. The predicted octanol–water partition coefficient (Wildman–Crippen LogP) is 2.87. The number of nitrogens with one attached hydrogen (secondary N) is 1. The van der Waals surface area contributed by atoms with Gasteiger partial charge in [0.15, 0.2) is 0 Å². The van der Waals surface area contributed by atoms with Gasteiger partial charge >= 0.3 is 0 Å². The highest BCUT2D eigenvalue weighted by atomic mass is 35.5. The number of hydrogen-bond donors (Lipinski definition) is 2. The van der Waals surface area contributed by atoms with Crippen molar-refractivity contribution < 1.29 is 4.79 Å². The summed E-state index contributed by atoms with van der Waals surface area (Å²) in [6, 6.07) is 0.240. The molecule has 2 aliphatic rings. The molecule has 0 spiro atoms. The molecule has 4 heteroatoms. The Labute approximate surface area is 123 Å². The van der Waals surface area contributed by atoms with Gasteiger partial charge in [0.1, 0.15) is 0 Å². The molecule has 0 aliphatic heterocycles. The fourth-order valence-corrected chi connectivity index (χ4v) is 3.60. The number of halogens is 1. The van der Waals surface area contributed by atoms with Gasteiger partial charge in [0, 0.05) is 18.5 Å². The van der Waals surface area contributed by atoms with E-state index in [9.17, 15) is 4.79 Å². The van der Waals surface area contributed by atoms with Crippen LogP contribution in [0.4, 0.5) is 0 Å². The second kappa shape index (κ2) is 8.11. The average molecular weight is 289 g/mol. The van der Waals surface area contributed by atoms with Crippen LogP contribution in [0.1, 0.15) is 58.3 Å². The molecule has 112 valence electrons. The molecule has 19 heavy (non-hydrogen) atoms. The summed E-state index contributed by atoms with van der Waals surface area (Å²) in [4.78, 5) is 12.1. The van der Waals surface area contributed by atoms with Crippen molar-refractivity contribution in [3.05, 3.63) is 0 Å². The van der Waals surface area contributed by atoms with Crippen LogP contribution in [0.2, 0.25) is 0 Å². The molecule has 0 aromatic heterocycles. The number of hydrogen-bond acceptors (Lipinski definition) is 2. The maximum absolute atomic E-state index is 12.1. The highest BCUT2D eigenvalue weighted by molar-refractivity contribution is 5.85. The second-order valence-corrected chi connectivity index (χ2v) is 6.51. The van der Waals surface area contributed by atoms with Crippen molar-refractivity contribution in [1.29, 1.82) is 0 Å². The molecule has 0 bridgehead atoms. The molecule has 0 aromatic carbocycles. The summed E-state index contributed by atoms with van der Waals surface area (Å²) < 4.78 is 0. The molecule has 3 N–H and O–H groups in total. The molecule has 0 heterocycles. The van der Waals surface area contributed by atoms with E-state index in [0.717, 1.165) is 38.1 Å². The van der Waals surface area contributed by atoms with E-state index in [1.54, 1.807) is 0 Å². The number of rotatable bonds is 3. The monoisotopic (exact) mass is 288 g/mol. The normalized spacial score (nSPS) is 35.3. The van der Waals surface area contributed by atoms with E-state index in [4.69, 9.17) is 5.73 Å². The van der Waals surface area contributed by atoms with Gasteiger partial charge in [-0.25, -0.2) is 0 Å². The van der Waals surface area contributed by atoms with Gasteiger partial charge in [-0.1, -0.05) is 26.2 Å². The highest BCUT2D eigenvalue weighted by Crippen LogP contribution is 2.28. The minimum absolute atomic E-state index is 0. The first-order valence-electron chi connectivity index (χ1n) is 7.68. The zero-order chi connectivity index (χ0) is 13.0. The van der Waals surface area contributed by atoms with Gasteiger partial charge in [-0.3, -0.25) is 4.79 Å². The molecule has 4 unspecified atom stereocenters. The molecule has 0 radical (unpaired) electrons. The Kier molecular flexibility index (Phi) is 7.16. The lowest BCUT2D eigenvalue weighted by atomic mass is 9.82. The smallest absolute Gasteiger partial charge is 0.223 e. The maximum atomic E-state index is 12.1. The third-order valence-corrected chi connectivity index (χ3v) is 4.70. The first-order chi connectivity index (χ1) is 8.65. The first kappa shape index (κ1) is 16.8. The largest absolute Gasteiger partial charge is 0.356 e. The summed E-state index contributed by atoms with van der Waals surface area (Å²) in [6.45, 7) is 3.21. The Bertz CT molecular complexity index is 285. The van der Waals surface area contributed by atoms with Gasteiger partial charge in [-0.15, -0.1) is 12.4 Å². The van der Waals surface area contributed by atoms with Crippen LogP contribution in [0.3, 0.4) is 0 Å². The van der Waals surface area contributed by atoms with Gasteiger partial charge in [0.25, 0.3) is 0 Å². The summed E-state index contributed by atoms with van der Waals surface area (Å²) in [5.74, 6) is 1.97. The molecular formula is C15H29ClN2O. The Hall–Kier alpha value is -0.280. The molecular weight excluding hydrogens is 260 g/mol. The molecule has 2 rings (SSSR count). The Morgan fingerprint density at radius 3 is 2.58 bits per heavy atom. The molecule has 0 saturated heterocycles. The molecule has 4 atom stereocenters. The van der Waals surface area contributed by atoms with Crippen molar-refractivity contribution in [2.45, 2.75) is 64.3 Å². The van der Waals surface area contributed by atoms with Crippen LogP contribution >= 0.6 is 12.4 Å². The van der Waals surface area contributed by atoms with Gasteiger partial charge in [-0.2, -0.15) is 0 Å². The van der Waals surface area contributed by atoms with Gasteiger partial charge in [0.2, 0.25) is 5.91 Å². The lowest BCUT2D eigenvalue weighted by molar-refractivity contribution is -0.126. The summed E-state index contributed by atoms with van der Waals surface area (Å²) in [5.41, 5.74) is 5.94. The average Bonchev–Trinajstić information content (AvgIpc) is 2.36. The van der Waals surface area contributed by atoms with E-state index in [2.05, 4.69) is 12.2 Å². The zero-order valence-electron chi connectivity index (χ0n) is 12.1. The Balaban J connectivity index is 0.00000180. The van der Waals surface area contributed by atoms with Crippen molar-refractivity contribution in [2.24, 2.45) is 23.5 Å². The third kappa shape index (κ3) is 5.31. The number of amides is 1. The fraction of sp³-hybridized carbons (Fsp3) is 0.933. The summed E-state index contributed by atoms with van der Waals surface area (Å²) in [7, 11) is 0. The van der Waals surface area contributed by atoms with Crippen LogP contribution in [0.5, 0.6) is 0 Å². The third-order valence-electron chi connectivity index (χ3n) is 4.70. The zero-order valence-corrected chi connectivity index (χ0v) is 12.9. The second-order valence-electron chi connectivity index (χ2n) is 6.51. The lowest BCUT2D eigenvalue weighted by Crippen LogP contribution is -2.40. The molecule has 2 fully saturated rings. The fourth-order valence-electron chi connectivity index (χ4n) is 3.60. The number of carbonyl (C=O) groups excluding carboxylic acids is 1. The van der Waals surface area contributed by atoms with E-state index < -0.39 is 0 Å². The maximum Gasteiger partial charge on any atom is 0.223 e. The summed E-state index contributed by atoms with van der Waals surface area (Å²) in [6.07, 6.45) is 9.37. The topological polar surface area (TPSA) is 55.1 Å². The standard InChI is InChI=1S/C15H28N2O.ClH/c1-11-4-2-5-12(8-11)10-17-15(18)13-6-3-7-14(16)9-13;/h11-14H,2-10,16H2,1H3,(H,17,18);1H. The van der Waals surface area contributed by atoms with E-state index in [1.165, 1.54) is 25.7 Å². The number of carbonyl (C=O) groups is 1. The Morgan fingerprint density at radius 1 is 1.16 bits per heavy atom. The van der Waals surface area contributed by atoms with Gasteiger partial charge < -0.3 is 11.1 Å². The van der Waals surface area contributed by atoms with Crippen molar-refractivity contribution in [2.75, 3.05) is 6.54 Å². The van der Waals surface area contributed by atoms with Crippen LogP contribution < -0.4 is 11.1 Å². The van der Waals surface area contributed by atoms with Crippen LogP contribution in [0.25, 0.3) is 0 Å². The SMILES string of the molecule is CC1CCCC(CNC(=O)C2CCCC(N)C2)C1.Cl. The first-order valence-corrected chi connectivity index (χ1v) is 7.68. The molecule has 1 amide bonds. The minimum atomic E-state index is 0. The highest BCUT2D eigenvalue weighted by Gasteiger charge is 2.26. The lowest BCUT2D eigenvalue weighted by Gasteiger charge is -2.29. The molecule has 2 aliphatic carbocycles. The van der Waals surface area contributed by atoms with Crippen LogP contribution in [-0.2, 0) is 4.79 Å². The van der Waals surface area contributed by atoms with E-state index in [-0.39, 0.29) is 30.3 Å².